The Bertz CT molecular complexity index is 829. The van der Waals surface area contributed by atoms with Gasteiger partial charge in [0, 0.05) is 36.5 Å². The number of pyridine rings is 2. The molecule has 0 radical (unpaired) electrons. The van der Waals surface area contributed by atoms with E-state index in [-0.39, 0.29) is 0 Å². The molecule has 1 saturated carbocycles. The zero-order valence-electron chi connectivity index (χ0n) is 16.1. The molecule has 1 aliphatic heterocycles. The third kappa shape index (κ3) is 4.42. The van der Waals surface area contributed by atoms with Crippen LogP contribution in [0.4, 0.5) is 11.6 Å². The first-order chi connectivity index (χ1) is 13.7. The highest BCUT2D eigenvalue weighted by Gasteiger charge is 2.17. The summed E-state index contributed by atoms with van der Waals surface area (Å²) in [6.45, 7) is 2.81. The van der Waals surface area contributed by atoms with Crippen molar-refractivity contribution in [1.82, 2.24) is 9.97 Å². The van der Waals surface area contributed by atoms with Gasteiger partial charge in [-0.2, -0.15) is 0 Å². The van der Waals surface area contributed by atoms with Crippen LogP contribution in [0.5, 0.6) is 0 Å². The van der Waals surface area contributed by atoms with Gasteiger partial charge in [-0.1, -0.05) is 19.3 Å². The van der Waals surface area contributed by atoms with Gasteiger partial charge in [0.25, 0.3) is 0 Å². The fourth-order valence-electron chi connectivity index (χ4n) is 3.89. The summed E-state index contributed by atoms with van der Waals surface area (Å²) in [6.07, 6.45) is 8.00. The number of hydrogen-bond acceptors (Lipinski definition) is 6. The molecule has 4 rings (SSSR count). The minimum absolute atomic E-state index is 0.451. The lowest BCUT2D eigenvalue weighted by atomic mass is 9.95. The average Bonchev–Trinajstić information content (AvgIpc) is 2.75. The molecule has 148 valence electrons. The van der Waals surface area contributed by atoms with Gasteiger partial charge < -0.3 is 20.7 Å². The Hall–Kier alpha value is -2.67. The molecule has 0 atom stereocenters. The summed E-state index contributed by atoms with van der Waals surface area (Å²) >= 11 is 0. The number of hydrogen-bond donors (Lipinski definition) is 2. The number of carbonyl (C=O) groups excluding carboxylic acids is 1. The fourth-order valence-corrected chi connectivity index (χ4v) is 3.89. The molecule has 7 nitrogen and oxygen atoms in total. The second-order valence-corrected chi connectivity index (χ2v) is 7.47. The summed E-state index contributed by atoms with van der Waals surface area (Å²) in [7, 11) is 0. The summed E-state index contributed by atoms with van der Waals surface area (Å²) in [4.78, 5) is 23.3. The van der Waals surface area contributed by atoms with Crippen molar-refractivity contribution < 1.29 is 9.53 Å². The van der Waals surface area contributed by atoms with E-state index in [0.717, 1.165) is 36.0 Å². The van der Waals surface area contributed by atoms with Gasteiger partial charge in [0.15, 0.2) is 0 Å². The summed E-state index contributed by atoms with van der Waals surface area (Å²) in [5, 5.41) is 3.55. The Morgan fingerprint density at radius 3 is 2.68 bits per heavy atom. The van der Waals surface area contributed by atoms with Gasteiger partial charge in [-0.05, 0) is 37.1 Å². The van der Waals surface area contributed by atoms with Crippen LogP contribution >= 0.6 is 0 Å². The number of nitrogens with two attached hydrogens (primary N) is 1. The van der Waals surface area contributed by atoms with Crippen LogP contribution in [0.1, 0.15) is 42.5 Å². The number of carbonyl (C=O) groups is 1. The van der Waals surface area contributed by atoms with E-state index in [0.29, 0.717) is 24.8 Å². The van der Waals surface area contributed by atoms with E-state index in [1.54, 1.807) is 18.3 Å². The van der Waals surface area contributed by atoms with Crippen molar-refractivity contribution in [1.29, 1.82) is 0 Å². The van der Waals surface area contributed by atoms with Gasteiger partial charge in [-0.25, -0.2) is 9.97 Å². The highest BCUT2D eigenvalue weighted by Crippen LogP contribution is 2.26. The van der Waals surface area contributed by atoms with Crippen molar-refractivity contribution >= 4 is 17.5 Å². The summed E-state index contributed by atoms with van der Waals surface area (Å²) in [5.41, 5.74) is 7.69. The number of anilines is 2. The van der Waals surface area contributed by atoms with Crippen LogP contribution in [-0.2, 0) is 4.74 Å². The molecular formula is C21H27N5O2. The first-order valence-corrected chi connectivity index (χ1v) is 10.1. The normalized spacial score (nSPS) is 18.1. The van der Waals surface area contributed by atoms with Gasteiger partial charge in [0.2, 0.25) is 5.91 Å². The first-order valence-electron chi connectivity index (χ1n) is 10.1. The molecule has 0 unspecified atom stereocenters. The molecule has 3 heterocycles. The number of nitrogens with one attached hydrogen (secondary N) is 1. The SMILES string of the molecule is NC(=O)c1cc(-c2ccnc(NC3CCCCC3)c2)nc(N2CCOCC2)c1. The summed E-state index contributed by atoms with van der Waals surface area (Å²) in [6, 6.07) is 7.92. The molecule has 0 aromatic carbocycles. The number of nitrogens with zero attached hydrogens (tertiary/aromatic N) is 3. The zero-order valence-corrected chi connectivity index (χ0v) is 16.1. The Labute approximate surface area is 165 Å². The van der Waals surface area contributed by atoms with Gasteiger partial charge in [-0.15, -0.1) is 0 Å². The number of amides is 1. The third-order valence-corrected chi connectivity index (χ3v) is 5.44. The van der Waals surface area contributed by atoms with Crippen molar-refractivity contribution in [2.24, 2.45) is 5.73 Å². The van der Waals surface area contributed by atoms with Crippen molar-refractivity contribution in [2.75, 3.05) is 36.5 Å². The number of rotatable bonds is 5. The number of primary amides is 1. The lowest BCUT2D eigenvalue weighted by Crippen LogP contribution is -2.37. The standard InChI is InChI=1S/C21H27N5O2/c22-21(27)16-12-18(25-20(14-16)26-8-10-28-11-9-26)15-6-7-23-19(13-15)24-17-4-2-1-3-5-17/h6-7,12-14,17H,1-5,8-11H2,(H2,22,27)(H,23,24). The molecule has 0 spiro atoms. The number of morpholine rings is 1. The van der Waals surface area contributed by atoms with Gasteiger partial charge >= 0.3 is 0 Å². The van der Waals surface area contributed by atoms with E-state index in [1.807, 2.05) is 12.1 Å². The molecule has 28 heavy (non-hydrogen) atoms. The second kappa shape index (κ2) is 8.56. The van der Waals surface area contributed by atoms with Crippen LogP contribution in [0.3, 0.4) is 0 Å². The summed E-state index contributed by atoms with van der Waals surface area (Å²) < 4.78 is 5.42. The first kappa shape index (κ1) is 18.7. The van der Waals surface area contributed by atoms with Crippen LogP contribution in [0, 0.1) is 0 Å². The average molecular weight is 381 g/mol. The van der Waals surface area contributed by atoms with E-state index >= 15 is 0 Å². The summed E-state index contributed by atoms with van der Waals surface area (Å²) in [5.74, 6) is 1.16. The molecule has 7 heteroatoms. The molecule has 1 aliphatic carbocycles. The van der Waals surface area contributed by atoms with Crippen LogP contribution in [-0.4, -0.2) is 48.2 Å². The molecule has 2 fully saturated rings. The van der Waals surface area contributed by atoms with Gasteiger partial charge in [-0.3, -0.25) is 4.79 Å². The Kier molecular flexibility index (Phi) is 5.71. The van der Waals surface area contributed by atoms with Crippen LogP contribution in [0.2, 0.25) is 0 Å². The monoisotopic (exact) mass is 381 g/mol. The fraction of sp³-hybridized carbons (Fsp3) is 0.476. The lowest BCUT2D eigenvalue weighted by molar-refractivity contribution is 0.1000. The number of aromatic nitrogens is 2. The molecule has 0 bridgehead atoms. The van der Waals surface area contributed by atoms with Crippen molar-refractivity contribution in [2.45, 2.75) is 38.1 Å². The van der Waals surface area contributed by atoms with E-state index in [4.69, 9.17) is 15.5 Å². The Morgan fingerprint density at radius 2 is 1.93 bits per heavy atom. The molecular weight excluding hydrogens is 354 g/mol. The quantitative estimate of drug-likeness (QED) is 0.827. The lowest BCUT2D eigenvalue weighted by Gasteiger charge is -2.28. The van der Waals surface area contributed by atoms with Gasteiger partial charge in [0.05, 0.1) is 18.9 Å². The predicted octanol–water partition coefficient (Wildman–Crippen LogP) is 2.82. The molecule has 2 aliphatic rings. The van der Waals surface area contributed by atoms with E-state index in [2.05, 4.69) is 15.2 Å². The van der Waals surface area contributed by atoms with Crippen LogP contribution in [0.15, 0.2) is 30.5 Å². The number of ether oxygens (including phenoxy) is 1. The predicted molar refractivity (Wildman–Crippen MR) is 110 cm³/mol. The third-order valence-electron chi connectivity index (χ3n) is 5.44. The van der Waals surface area contributed by atoms with E-state index in [9.17, 15) is 4.79 Å². The minimum Gasteiger partial charge on any atom is -0.378 e. The Balaban J connectivity index is 1.62. The van der Waals surface area contributed by atoms with Crippen LogP contribution < -0.4 is 16.0 Å². The molecule has 2 aromatic heterocycles. The second-order valence-electron chi connectivity index (χ2n) is 7.47. The molecule has 2 aromatic rings. The smallest absolute Gasteiger partial charge is 0.248 e. The topological polar surface area (TPSA) is 93.4 Å². The zero-order chi connectivity index (χ0) is 19.3. The maximum Gasteiger partial charge on any atom is 0.248 e. The largest absolute Gasteiger partial charge is 0.378 e. The maximum absolute atomic E-state index is 11.9. The Morgan fingerprint density at radius 1 is 1.14 bits per heavy atom. The highest BCUT2D eigenvalue weighted by molar-refractivity contribution is 5.94. The van der Waals surface area contributed by atoms with Crippen molar-refractivity contribution in [3.63, 3.8) is 0 Å². The molecule has 3 N–H and O–H groups in total. The van der Waals surface area contributed by atoms with E-state index < -0.39 is 5.91 Å². The highest BCUT2D eigenvalue weighted by atomic mass is 16.5. The van der Waals surface area contributed by atoms with E-state index in [1.165, 1.54) is 32.1 Å². The molecule has 1 amide bonds. The molecule has 1 saturated heterocycles. The minimum atomic E-state index is -0.451. The van der Waals surface area contributed by atoms with Crippen molar-refractivity contribution in [3.05, 3.63) is 36.0 Å². The van der Waals surface area contributed by atoms with Gasteiger partial charge in [0.1, 0.15) is 11.6 Å². The van der Waals surface area contributed by atoms with Crippen LogP contribution in [0.25, 0.3) is 11.3 Å². The maximum atomic E-state index is 11.9. The van der Waals surface area contributed by atoms with Crippen molar-refractivity contribution in [3.8, 4) is 11.3 Å².